The molecule has 0 aliphatic rings. The van der Waals surface area contributed by atoms with Gasteiger partial charge in [-0.3, -0.25) is 0 Å². The van der Waals surface area contributed by atoms with Crippen LogP contribution in [0, 0.1) is 0 Å². The number of nitrogens with zero attached hydrogens (tertiary/aromatic N) is 1. The quantitative estimate of drug-likeness (QED) is 0.362. The van der Waals surface area contributed by atoms with Crippen molar-refractivity contribution >= 4 is 30.3 Å². The van der Waals surface area contributed by atoms with E-state index in [0.717, 1.165) is 35.5 Å². The zero-order valence-electron chi connectivity index (χ0n) is 10.5. The molecular formula is C13H16N2O3Se. The van der Waals surface area contributed by atoms with Gasteiger partial charge in [0.15, 0.2) is 0 Å². The second-order valence-corrected chi connectivity index (χ2v) is 6.57. The molecular weight excluding hydrogens is 311 g/mol. The van der Waals surface area contributed by atoms with Crippen molar-refractivity contribution in [2.75, 3.05) is 0 Å². The van der Waals surface area contributed by atoms with Crippen molar-refractivity contribution in [1.29, 1.82) is 0 Å². The van der Waals surface area contributed by atoms with Crippen LogP contribution >= 0.6 is 0 Å². The number of aromatic nitrogens is 1. The molecule has 0 saturated heterocycles. The Hall–Kier alpha value is -1.36. The van der Waals surface area contributed by atoms with Gasteiger partial charge in [0.2, 0.25) is 0 Å². The fourth-order valence-corrected chi connectivity index (χ4v) is 4.10. The molecule has 5 nitrogen and oxygen atoms in total. The van der Waals surface area contributed by atoms with E-state index in [9.17, 15) is 9.59 Å². The number of carbonyl (C=O) groups excluding carboxylic acids is 1. The summed E-state index contributed by atoms with van der Waals surface area (Å²) in [5.41, 5.74) is 1.74. The summed E-state index contributed by atoms with van der Waals surface area (Å²) in [7, 11) is 0. The Kier molecular flexibility index (Phi) is 4.96. The van der Waals surface area contributed by atoms with Crippen molar-refractivity contribution < 1.29 is 10.0 Å². The van der Waals surface area contributed by atoms with Crippen LogP contribution < -0.4 is 11.0 Å². The number of hydrogen-bond donors (Lipinski definition) is 2. The van der Waals surface area contributed by atoms with Crippen LogP contribution in [0.4, 0.5) is 0 Å². The molecule has 1 aromatic carbocycles. The number of hydroxylamine groups is 1. The van der Waals surface area contributed by atoms with Gasteiger partial charge in [-0.1, -0.05) is 0 Å². The van der Waals surface area contributed by atoms with Crippen LogP contribution in [0.25, 0.3) is 9.65 Å². The molecule has 1 amide bonds. The van der Waals surface area contributed by atoms with E-state index in [0.29, 0.717) is 6.42 Å². The van der Waals surface area contributed by atoms with E-state index < -0.39 is 0 Å². The number of amides is 1. The summed E-state index contributed by atoms with van der Waals surface area (Å²) < 4.78 is 3.06. The molecule has 0 radical (unpaired) electrons. The predicted octanol–water partition coefficient (Wildman–Crippen LogP) is 1.12. The SMILES string of the molecule is O=C(CCCCCn1[se]c2ccccc2c1=O)NO. The van der Waals surface area contributed by atoms with Crippen molar-refractivity contribution in [3.63, 3.8) is 0 Å². The Labute approximate surface area is 116 Å². The van der Waals surface area contributed by atoms with E-state index in [-0.39, 0.29) is 26.2 Å². The van der Waals surface area contributed by atoms with Crippen molar-refractivity contribution in [2.24, 2.45) is 0 Å². The molecule has 2 rings (SSSR count). The molecule has 6 heteroatoms. The van der Waals surface area contributed by atoms with Crippen molar-refractivity contribution in [1.82, 2.24) is 9.04 Å². The van der Waals surface area contributed by atoms with Gasteiger partial charge in [-0.05, 0) is 0 Å². The van der Waals surface area contributed by atoms with Crippen LogP contribution in [0.3, 0.4) is 0 Å². The molecule has 0 saturated carbocycles. The van der Waals surface area contributed by atoms with Crippen molar-refractivity contribution in [3.8, 4) is 0 Å². The van der Waals surface area contributed by atoms with Crippen LogP contribution in [0.2, 0.25) is 0 Å². The summed E-state index contributed by atoms with van der Waals surface area (Å²) in [6, 6.07) is 7.75. The minimum absolute atomic E-state index is 0.0934. The molecule has 0 bridgehead atoms. The van der Waals surface area contributed by atoms with Gasteiger partial charge in [0.05, 0.1) is 0 Å². The fraction of sp³-hybridized carbons (Fsp3) is 0.385. The fourth-order valence-electron chi connectivity index (χ4n) is 1.94. The molecule has 0 atom stereocenters. The van der Waals surface area contributed by atoms with E-state index in [1.807, 2.05) is 27.8 Å². The summed E-state index contributed by atoms with van der Waals surface area (Å²) in [4.78, 5) is 22.9. The first-order valence-electron chi connectivity index (χ1n) is 6.24. The van der Waals surface area contributed by atoms with Gasteiger partial charge >= 0.3 is 116 Å². The first kappa shape index (κ1) is 14.1. The van der Waals surface area contributed by atoms with Crippen molar-refractivity contribution in [2.45, 2.75) is 32.2 Å². The normalized spacial score (nSPS) is 10.8. The summed E-state index contributed by atoms with van der Waals surface area (Å²) in [6.45, 7) is 0.744. The molecule has 102 valence electrons. The number of hydrogen-bond acceptors (Lipinski definition) is 3. The minimum atomic E-state index is -0.353. The van der Waals surface area contributed by atoms with Gasteiger partial charge in [0.25, 0.3) is 0 Å². The van der Waals surface area contributed by atoms with Gasteiger partial charge in [0, 0.05) is 0 Å². The van der Waals surface area contributed by atoms with Gasteiger partial charge in [-0.15, -0.1) is 0 Å². The number of benzene rings is 1. The maximum absolute atomic E-state index is 12.1. The van der Waals surface area contributed by atoms with Crippen LogP contribution in [0.1, 0.15) is 25.7 Å². The Bertz CT molecular complexity index is 618. The molecule has 0 unspecified atom stereocenters. The van der Waals surface area contributed by atoms with E-state index in [1.165, 1.54) is 0 Å². The molecule has 2 N–H and O–H groups in total. The third-order valence-electron chi connectivity index (χ3n) is 2.94. The number of carbonyl (C=O) groups is 1. The number of aryl methyl sites for hydroxylation is 1. The zero-order valence-corrected chi connectivity index (χ0v) is 12.2. The molecule has 0 fully saturated rings. The molecule has 1 aromatic heterocycles. The monoisotopic (exact) mass is 328 g/mol. The van der Waals surface area contributed by atoms with Gasteiger partial charge in [-0.2, -0.15) is 0 Å². The number of nitrogens with one attached hydrogen (secondary N) is 1. The molecule has 2 aromatic rings. The molecule has 19 heavy (non-hydrogen) atoms. The van der Waals surface area contributed by atoms with Gasteiger partial charge in [-0.25, -0.2) is 0 Å². The molecule has 0 aliphatic heterocycles. The molecule has 0 spiro atoms. The van der Waals surface area contributed by atoms with E-state index in [1.54, 1.807) is 5.48 Å². The maximum atomic E-state index is 12.1. The van der Waals surface area contributed by atoms with E-state index in [2.05, 4.69) is 0 Å². The Balaban J connectivity index is 1.87. The van der Waals surface area contributed by atoms with E-state index in [4.69, 9.17) is 5.21 Å². The average molecular weight is 327 g/mol. The molecule has 1 heterocycles. The summed E-state index contributed by atoms with van der Waals surface area (Å²) in [5, 5.41) is 9.18. The Morgan fingerprint density at radius 1 is 1.26 bits per heavy atom. The third-order valence-corrected chi connectivity index (χ3v) is 5.30. The topological polar surface area (TPSA) is 71.3 Å². The standard InChI is InChI=1S/C13H16N2O3Se/c16-12(14-18)8-2-1-5-9-15-13(17)10-6-3-4-7-11(10)19-15/h3-4,6-7,18H,1-2,5,8-9H2,(H,14,16). The summed E-state index contributed by atoms with van der Waals surface area (Å²) in [6.07, 6.45) is 2.83. The number of fused-ring (bicyclic) bond motifs is 1. The van der Waals surface area contributed by atoms with Crippen LogP contribution in [-0.4, -0.2) is 29.4 Å². The first-order chi connectivity index (χ1) is 9.22. The molecule has 0 aliphatic carbocycles. The number of rotatable bonds is 6. The first-order valence-corrected chi connectivity index (χ1v) is 7.86. The second kappa shape index (κ2) is 6.70. The van der Waals surface area contributed by atoms with Crippen LogP contribution in [0.5, 0.6) is 0 Å². The second-order valence-electron chi connectivity index (χ2n) is 4.34. The van der Waals surface area contributed by atoms with Crippen LogP contribution in [-0.2, 0) is 11.3 Å². The van der Waals surface area contributed by atoms with Gasteiger partial charge < -0.3 is 0 Å². The Morgan fingerprint density at radius 2 is 2.05 bits per heavy atom. The van der Waals surface area contributed by atoms with Crippen molar-refractivity contribution in [3.05, 3.63) is 34.6 Å². The zero-order chi connectivity index (χ0) is 13.7. The number of unbranched alkanes of at least 4 members (excludes halogenated alkanes) is 2. The average Bonchev–Trinajstić information content (AvgIpc) is 2.75. The van der Waals surface area contributed by atoms with Gasteiger partial charge in [0.1, 0.15) is 0 Å². The van der Waals surface area contributed by atoms with E-state index >= 15 is 0 Å². The van der Waals surface area contributed by atoms with Crippen LogP contribution in [0.15, 0.2) is 29.1 Å². The Morgan fingerprint density at radius 3 is 2.79 bits per heavy atom. The summed E-state index contributed by atoms with van der Waals surface area (Å²) in [5.74, 6) is -0.353. The third kappa shape index (κ3) is 3.56. The predicted molar refractivity (Wildman–Crippen MR) is 73.5 cm³/mol. The summed E-state index contributed by atoms with van der Waals surface area (Å²) >= 11 is 0.0934.